The highest BCUT2D eigenvalue weighted by molar-refractivity contribution is 7.89. The fraction of sp³-hybridized carbons (Fsp3) is 0.417. The number of anilines is 2. The molecule has 2 aromatic rings. The molecule has 0 aromatic heterocycles. The van der Waals surface area contributed by atoms with Gasteiger partial charge in [-0.25, -0.2) is 8.42 Å². The van der Waals surface area contributed by atoms with Crippen molar-refractivity contribution in [3.05, 3.63) is 53.1 Å². The predicted molar refractivity (Wildman–Crippen MR) is 124 cm³/mol. The molecule has 1 fully saturated rings. The second kappa shape index (κ2) is 9.03. The molecule has 2 aromatic carbocycles. The van der Waals surface area contributed by atoms with Gasteiger partial charge in [-0.1, -0.05) is 12.1 Å². The third kappa shape index (κ3) is 4.56. The summed E-state index contributed by atoms with van der Waals surface area (Å²) in [6.07, 6.45) is 3.05. The minimum absolute atomic E-state index is 0.0481. The van der Waals surface area contributed by atoms with Crippen molar-refractivity contribution in [1.29, 1.82) is 0 Å². The van der Waals surface area contributed by atoms with Crippen LogP contribution in [-0.2, 0) is 26.0 Å². The Morgan fingerprint density at radius 3 is 2.75 bits per heavy atom. The fourth-order valence-corrected chi connectivity index (χ4v) is 5.93. The van der Waals surface area contributed by atoms with E-state index >= 15 is 0 Å². The molecule has 2 aliphatic rings. The maximum Gasteiger partial charge on any atom is 0.243 e. The zero-order valence-corrected chi connectivity index (χ0v) is 19.3. The summed E-state index contributed by atoms with van der Waals surface area (Å²) < 4.78 is 28.1. The summed E-state index contributed by atoms with van der Waals surface area (Å²) in [5, 5.41) is 5.82. The quantitative estimate of drug-likeness (QED) is 0.736. The highest BCUT2D eigenvalue weighted by Crippen LogP contribution is 2.29. The van der Waals surface area contributed by atoms with Gasteiger partial charge in [-0.3, -0.25) is 9.59 Å². The van der Waals surface area contributed by atoms with Gasteiger partial charge >= 0.3 is 0 Å². The number of benzene rings is 2. The average molecular weight is 456 g/mol. The molecular weight excluding hydrogens is 426 g/mol. The third-order valence-electron chi connectivity index (χ3n) is 6.46. The number of sulfonamides is 1. The average Bonchev–Trinajstić information content (AvgIpc) is 2.96. The van der Waals surface area contributed by atoms with Crippen LogP contribution in [0.2, 0.25) is 0 Å². The maximum absolute atomic E-state index is 13.4. The highest BCUT2D eigenvalue weighted by Gasteiger charge is 2.34. The molecule has 32 heavy (non-hydrogen) atoms. The van der Waals surface area contributed by atoms with Gasteiger partial charge in [-0.05, 0) is 80.5 Å². The summed E-state index contributed by atoms with van der Waals surface area (Å²) >= 11 is 0. The van der Waals surface area contributed by atoms with Gasteiger partial charge in [-0.15, -0.1) is 0 Å². The number of carbonyl (C=O) groups is 2. The third-order valence-corrected chi connectivity index (χ3v) is 8.32. The summed E-state index contributed by atoms with van der Waals surface area (Å²) in [5.74, 6) is -0.602. The van der Waals surface area contributed by atoms with Gasteiger partial charge < -0.3 is 10.6 Å². The van der Waals surface area contributed by atoms with Crippen molar-refractivity contribution in [2.45, 2.75) is 50.8 Å². The van der Waals surface area contributed by atoms with Gasteiger partial charge in [0.05, 0.1) is 10.8 Å². The maximum atomic E-state index is 13.4. The van der Waals surface area contributed by atoms with E-state index in [1.807, 2.05) is 32.0 Å². The topological polar surface area (TPSA) is 95.6 Å². The number of carbonyl (C=O) groups excluding carboxylic acids is 2. The van der Waals surface area contributed by atoms with E-state index in [0.29, 0.717) is 44.3 Å². The number of nitrogens with zero attached hydrogens (tertiary/aromatic N) is 1. The van der Waals surface area contributed by atoms with Crippen molar-refractivity contribution >= 4 is 33.2 Å². The molecule has 4 rings (SSSR count). The van der Waals surface area contributed by atoms with Crippen molar-refractivity contribution in [2.75, 3.05) is 23.7 Å². The van der Waals surface area contributed by atoms with Crippen LogP contribution in [0.3, 0.4) is 0 Å². The Morgan fingerprint density at radius 1 is 1.12 bits per heavy atom. The Hall–Kier alpha value is -2.71. The molecule has 0 bridgehead atoms. The highest BCUT2D eigenvalue weighted by atomic mass is 32.2. The number of rotatable bonds is 4. The number of piperidine rings is 1. The van der Waals surface area contributed by atoms with Crippen molar-refractivity contribution in [1.82, 2.24) is 4.31 Å². The van der Waals surface area contributed by atoms with Crippen LogP contribution >= 0.6 is 0 Å². The molecule has 1 saturated heterocycles. The summed E-state index contributed by atoms with van der Waals surface area (Å²) in [7, 11) is -3.73. The first-order valence-corrected chi connectivity index (χ1v) is 12.5. The van der Waals surface area contributed by atoms with Crippen LogP contribution in [0.1, 0.15) is 42.4 Å². The lowest BCUT2D eigenvalue weighted by molar-refractivity contribution is -0.121. The predicted octanol–water partition coefficient (Wildman–Crippen LogP) is 3.62. The van der Waals surface area contributed by atoms with E-state index in [4.69, 9.17) is 0 Å². The standard InChI is InChI=1S/C24H29N3O4S/c1-16-6-3-9-21(17(16)2)26-24(29)19-8-5-13-27(15-19)32(30,31)20-11-12-22-18(14-20)7-4-10-23(28)25-22/h3,6,9,11-12,14,19H,4-5,7-8,10,13,15H2,1-2H3,(H,25,28)(H,26,29)/t19-/m0/s1. The zero-order chi connectivity index (χ0) is 22.9. The van der Waals surface area contributed by atoms with Crippen LogP contribution in [0, 0.1) is 19.8 Å². The summed E-state index contributed by atoms with van der Waals surface area (Å²) in [6.45, 7) is 4.51. The van der Waals surface area contributed by atoms with Crippen LogP contribution in [0.15, 0.2) is 41.3 Å². The van der Waals surface area contributed by atoms with E-state index in [0.717, 1.165) is 22.4 Å². The Kier molecular flexibility index (Phi) is 6.35. The number of hydrogen-bond donors (Lipinski definition) is 2. The largest absolute Gasteiger partial charge is 0.326 e. The van der Waals surface area contributed by atoms with Gasteiger partial charge in [0.2, 0.25) is 21.8 Å². The number of nitrogens with one attached hydrogen (secondary N) is 2. The van der Waals surface area contributed by atoms with E-state index < -0.39 is 15.9 Å². The molecule has 8 heteroatoms. The molecule has 0 unspecified atom stereocenters. The van der Waals surface area contributed by atoms with Crippen LogP contribution in [0.4, 0.5) is 11.4 Å². The molecule has 0 aliphatic carbocycles. The van der Waals surface area contributed by atoms with E-state index in [9.17, 15) is 18.0 Å². The molecule has 2 amide bonds. The first kappa shape index (κ1) is 22.5. The molecule has 0 radical (unpaired) electrons. The van der Waals surface area contributed by atoms with Gasteiger partial charge in [0.25, 0.3) is 0 Å². The minimum Gasteiger partial charge on any atom is -0.326 e. The molecule has 2 heterocycles. The van der Waals surface area contributed by atoms with Crippen LogP contribution in [-0.4, -0.2) is 37.6 Å². The molecule has 0 saturated carbocycles. The number of fused-ring (bicyclic) bond motifs is 1. The molecule has 7 nitrogen and oxygen atoms in total. The van der Waals surface area contributed by atoms with Crippen molar-refractivity contribution in [2.24, 2.45) is 5.92 Å². The van der Waals surface area contributed by atoms with E-state index in [2.05, 4.69) is 10.6 Å². The molecule has 0 spiro atoms. The summed E-state index contributed by atoms with van der Waals surface area (Å²) in [4.78, 5) is 24.9. The lowest BCUT2D eigenvalue weighted by Crippen LogP contribution is -2.43. The first-order valence-electron chi connectivity index (χ1n) is 11.1. The summed E-state index contributed by atoms with van der Waals surface area (Å²) in [5.41, 5.74) is 4.38. The van der Waals surface area contributed by atoms with E-state index in [1.165, 1.54) is 4.31 Å². The smallest absolute Gasteiger partial charge is 0.243 e. The van der Waals surface area contributed by atoms with Gasteiger partial charge in [0.15, 0.2) is 0 Å². The number of amides is 2. The van der Waals surface area contributed by atoms with Gasteiger partial charge in [0.1, 0.15) is 0 Å². The second-order valence-corrected chi connectivity index (χ2v) is 10.6. The Labute approximate surface area is 189 Å². The Balaban J connectivity index is 1.51. The summed E-state index contributed by atoms with van der Waals surface area (Å²) in [6, 6.07) is 10.6. The van der Waals surface area contributed by atoms with Crippen molar-refractivity contribution in [3.8, 4) is 0 Å². The first-order chi connectivity index (χ1) is 15.3. The van der Waals surface area contributed by atoms with Gasteiger partial charge in [-0.2, -0.15) is 4.31 Å². The van der Waals surface area contributed by atoms with Crippen LogP contribution in [0.25, 0.3) is 0 Å². The molecule has 2 aliphatic heterocycles. The second-order valence-electron chi connectivity index (χ2n) is 8.66. The normalized spacial score (nSPS) is 19.6. The minimum atomic E-state index is -3.73. The monoisotopic (exact) mass is 455 g/mol. The van der Waals surface area contributed by atoms with Crippen molar-refractivity contribution in [3.63, 3.8) is 0 Å². The molecule has 2 N–H and O–H groups in total. The zero-order valence-electron chi connectivity index (χ0n) is 18.5. The molecular formula is C24H29N3O4S. The van der Waals surface area contributed by atoms with E-state index in [-0.39, 0.29) is 23.3 Å². The van der Waals surface area contributed by atoms with Crippen molar-refractivity contribution < 1.29 is 18.0 Å². The SMILES string of the molecule is Cc1cccc(NC(=O)[C@H]2CCCN(S(=O)(=O)c3ccc4c(c3)CCCC(=O)N4)C2)c1C. The fourth-order valence-electron chi connectivity index (χ4n) is 4.36. The molecule has 170 valence electrons. The number of aryl methyl sites for hydroxylation is 2. The van der Waals surface area contributed by atoms with Crippen LogP contribution in [0.5, 0.6) is 0 Å². The Morgan fingerprint density at radius 2 is 1.94 bits per heavy atom. The van der Waals surface area contributed by atoms with Gasteiger partial charge in [0, 0.05) is 30.9 Å². The van der Waals surface area contributed by atoms with Crippen LogP contribution < -0.4 is 10.6 Å². The molecule has 1 atom stereocenters. The van der Waals surface area contributed by atoms with E-state index in [1.54, 1.807) is 18.2 Å². The lowest BCUT2D eigenvalue weighted by Gasteiger charge is -2.31. The number of hydrogen-bond acceptors (Lipinski definition) is 4. The Bertz CT molecular complexity index is 1160. The lowest BCUT2D eigenvalue weighted by atomic mass is 9.98.